The Morgan fingerprint density at radius 2 is 1.59 bits per heavy atom. The predicted octanol–water partition coefficient (Wildman–Crippen LogP) is 8.26. The quantitative estimate of drug-likeness (QED) is 0.103. The second-order valence-corrected chi connectivity index (χ2v) is 13.0. The smallest absolute Gasteiger partial charge is 0.231 e. The third kappa shape index (κ3) is 3.57. The summed E-state index contributed by atoms with van der Waals surface area (Å²) in [5.41, 5.74) is 10.2. The van der Waals surface area contributed by atoms with E-state index in [1.807, 2.05) is 13.8 Å². The van der Waals surface area contributed by atoms with Crippen LogP contribution in [0.4, 0.5) is 0 Å². The third-order valence-electron chi connectivity index (χ3n) is 8.06. The molecule has 0 unspecified atom stereocenters. The molecule has 3 aromatic carbocycles. The highest BCUT2D eigenvalue weighted by Gasteiger charge is 2.28. The minimum atomic E-state index is -0.432. The molecule has 0 fully saturated rings. The van der Waals surface area contributed by atoms with Crippen molar-refractivity contribution in [2.75, 3.05) is 0 Å². The van der Waals surface area contributed by atoms with Gasteiger partial charge in [-0.3, -0.25) is 0 Å². The first kappa shape index (κ1) is 23.7. The zero-order chi connectivity index (χ0) is 26.4. The molecule has 37 heavy (non-hydrogen) atoms. The van der Waals surface area contributed by atoms with Gasteiger partial charge >= 0.3 is 0 Å². The molecule has 0 atom stereocenters. The molecule has 0 aliphatic rings. The molecule has 0 saturated carbocycles. The van der Waals surface area contributed by atoms with Crippen LogP contribution in [0.25, 0.3) is 53.8 Å². The fraction of sp³-hybridized carbons (Fsp3) is 0.353. The molecule has 3 aromatic heterocycles. The summed E-state index contributed by atoms with van der Waals surface area (Å²) in [7, 11) is 2.17. The molecule has 6 rings (SSSR count). The summed E-state index contributed by atoms with van der Waals surface area (Å²) in [5, 5.41) is 6.55. The van der Waals surface area contributed by atoms with E-state index in [4.69, 9.17) is 6.57 Å². The third-order valence-corrected chi connectivity index (χ3v) is 8.06. The molecular weight excluding hydrogens is 450 g/mol. The van der Waals surface area contributed by atoms with E-state index >= 15 is 0 Å². The summed E-state index contributed by atoms with van der Waals surface area (Å²) in [6, 6.07) is 16.4. The van der Waals surface area contributed by atoms with Gasteiger partial charge in [-0.05, 0) is 77.6 Å². The molecule has 0 amide bonds. The van der Waals surface area contributed by atoms with E-state index in [1.54, 1.807) is 0 Å². The van der Waals surface area contributed by atoms with Crippen molar-refractivity contribution in [3.8, 4) is 0 Å². The van der Waals surface area contributed by atoms with Crippen molar-refractivity contribution in [3.63, 3.8) is 0 Å². The topological polar surface area (TPSA) is 12.7 Å². The van der Waals surface area contributed by atoms with Crippen LogP contribution in [-0.2, 0) is 19.9 Å². The van der Waals surface area contributed by atoms with Crippen molar-refractivity contribution < 1.29 is 4.57 Å². The number of aromatic nitrogens is 2. The lowest BCUT2D eigenvalue weighted by Gasteiger charge is -2.18. The van der Waals surface area contributed by atoms with E-state index in [-0.39, 0.29) is 5.41 Å². The van der Waals surface area contributed by atoms with Crippen molar-refractivity contribution in [1.29, 1.82) is 0 Å². The zero-order valence-corrected chi connectivity index (χ0v) is 23.4. The molecule has 0 radical (unpaired) electrons. The molecule has 0 spiro atoms. The monoisotopic (exact) mass is 486 g/mol. The number of benzene rings is 3. The molecule has 6 aromatic rings. The Labute approximate surface area is 219 Å². The summed E-state index contributed by atoms with van der Waals surface area (Å²) >= 11 is 0. The highest BCUT2D eigenvalue weighted by Crippen LogP contribution is 2.42. The van der Waals surface area contributed by atoms with Crippen molar-refractivity contribution in [2.45, 2.75) is 66.8 Å². The van der Waals surface area contributed by atoms with Crippen LogP contribution in [0.3, 0.4) is 0 Å². The maximum absolute atomic E-state index is 7.70. The molecule has 3 heteroatoms. The number of rotatable bonds is 3. The van der Waals surface area contributed by atoms with E-state index in [2.05, 4.69) is 104 Å². The van der Waals surface area contributed by atoms with Crippen molar-refractivity contribution >= 4 is 49.0 Å². The highest BCUT2D eigenvalue weighted by atomic mass is 15.0. The van der Waals surface area contributed by atoms with Gasteiger partial charge in [-0.1, -0.05) is 32.9 Å². The van der Waals surface area contributed by atoms with Crippen LogP contribution in [0.5, 0.6) is 0 Å². The second-order valence-electron chi connectivity index (χ2n) is 13.0. The fourth-order valence-electron chi connectivity index (χ4n) is 6.38. The van der Waals surface area contributed by atoms with Gasteiger partial charge in [0.25, 0.3) is 0 Å². The molecule has 0 N–H and O–H groups in total. The van der Waals surface area contributed by atoms with Gasteiger partial charge < -0.3 is 9.25 Å². The number of pyridine rings is 2. The Balaban J connectivity index is 1.86. The van der Waals surface area contributed by atoms with Gasteiger partial charge in [-0.25, -0.2) is 11.1 Å². The first-order valence-corrected chi connectivity index (χ1v) is 13.3. The molecule has 186 valence electrons. The Hall–Kier alpha value is -3.64. The van der Waals surface area contributed by atoms with E-state index in [0.29, 0.717) is 0 Å². The summed E-state index contributed by atoms with van der Waals surface area (Å²) in [5.74, 6) is 0. The zero-order valence-electron chi connectivity index (χ0n) is 23.4. The number of aryl methyl sites for hydroxylation is 3. The predicted molar refractivity (Wildman–Crippen MR) is 157 cm³/mol. The molecule has 0 aliphatic heterocycles. The number of hydrogen-bond donors (Lipinski definition) is 0. The Morgan fingerprint density at radius 3 is 2.30 bits per heavy atom. The first-order valence-electron chi connectivity index (χ1n) is 13.3. The van der Waals surface area contributed by atoms with Crippen LogP contribution in [0.15, 0.2) is 48.7 Å². The Bertz CT molecular complexity index is 1920. The van der Waals surface area contributed by atoms with Crippen LogP contribution in [0, 0.1) is 25.8 Å². The second kappa shape index (κ2) is 7.68. The van der Waals surface area contributed by atoms with Gasteiger partial charge in [0.05, 0.1) is 33.7 Å². The molecular formula is C34H36N3+. The van der Waals surface area contributed by atoms with Crippen molar-refractivity contribution in [3.05, 3.63) is 82.3 Å². The van der Waals surface area contributed by atoms with Crippen LogP contribution in [-0.4, -0.2) is 9.94 Å². The van der Waals surface area contributed by atoms with Gasteiger partial charge in [-0.2, -0.15) is 0 Å². The molecule has 3 heterocycles. The van der Waals surface area contributed by atoms with Gasteiger partial charge in [-0.15, -0.1) is 0 Å². The SMILES string of the molecule is [C-]#[N+]C(C)(C)Cc1cc2cc[n+](C)c3c4c(C)c(C)cc5c6cc(CC(C)(C)C)ccc6n(c(c1)c23)c54. The Kier molecular flexibility index (Phi) is 4.93. The fourth-order valence-corrected chi connectivity index (χ4v) is 6.38. The van der Waals surface area contributed by atoms with E-state index in [1.165, 1.54) is 71.3 Å². The summed E-state index contributed by atoms with van der Waals surface area (Å²) in [4.78, 5) is 3.91. The van der Waals surface area contributed by atoms with Gasteiger partial charge in [0, 0.05) is 30.7 Å². The minimum Gasteiger partial charge on any atom is -0.311 e. The largest absolute Gasteiger partial charge is 0.311 e. The minimum absolute atomic E-state index is 0.234. The summed E-state index contributed by atoms with van der Waals surface area (Å²) in [6.45, 7) is 23.2. The van der Waals surface area contributed by atoms with Crippen molar-refractivity contribution in [2.24, 2.45) is 12.5 Å². The number of nitrogens with zero attached hydrogens (tertiary/aromatic N) is 3. The Morgan fingerprint density at radius 1 is 0.838 bits per heavy atom. The van der Waals surface area contributed by atoms with Crippen LogP contribution in [0.1, 0.15) is 56.9 Å². The van der Waals surface area contributed by atoms with Crippen molar-refractivity contribution in [1.82, 2.24) is 4.40 Å². The highest BCUT2D eigenvalue weighted by molar-refractivity contribution is 6.26. The van der Waals surface area contributed by atoms with Gasteiger partial charge in [0.2, 0.25) is 11.1 Å². The van der Waals surface area contributed by atoms with E-state index < -0.39 is 5.54 Å². The van der Waals surface area contributed by atoms with Crippen LogP contribution < -0.4 is 4.57 Å². The molecule has 0 aliphatic carbocycles. The number of fused-ring (bicyclic) bond motifs is 5. The average Bonchev–Trinajstić information content (AvgIpc) is 3.12. The molecule has 0 bridgehead atoms. The molecule has 0 saturated heterocycles. The van der Waals surface area contributed by atoms with E-state index in [9.17, 15) is 0 Å². The first-order chi connectivity index (χ1) is 17.4. The normalized spacial score (nSPS) is 13.1. The maximum atomic E-state index is 7.70. The summed E-state index contributed by atoms with van der Waals surface area (Å²) < 4.78 is 4.80. The lowest BCUT2D eigenvalue weighted by molar-refractivity contribution is -0.643. The standard InChI is InChI=1S/C34H36N3/c1-20-14-26-25-16-22(18-33(3,4)5)10-11-27(25)37-28-17-23(19-34(6,7)35-8)15-24-12-13-36(9)32(30(24)28)29(21(20)2)31(26)37/h10-17H,18-19H2,1-7,9H3/q+1. The number of hydrogen-bond acceptors (Lipinski definition) is 0. The van der Waals surface area contributed by atoms with E-state index in [0.717, 1.165) is 12.8 Å². The average molecular weight is 487 g/mol. The molecule has 3 nitrogen and oxygen atoms in total. The lowest BCUT2D eigenvalue weighted by Crippen LogP contribution is -2.29. The van der Waals surface area contributed by atoms with Gasteiger partial charge in [0.1, 0.15) is 7.05 Å². The maximum Gasteiger partial charge on any atom is 0.231 e. The van der Waals surface area contributed by atoms with Crippen LogP contribution >= 0.6 is 0 Å². The summed E-state index contributed by atoms with van der Waals surface area (Å²) in [6.07, 6.45) is 3.97. The lowest BCUT2D eigenvalue weighted by atomic mass is 9.87. The van der Waals surface area contributed by atoms with Crippen LogP contribution in [0.2, 0.25) is 0 Å². The van der Waals surface area contributed by atoms with Gasteiger partial charge in [0.15, 0.2) is 6.20 Å².